The topological polar surface area (TPSA) is 90.5 Å². The van der Waals surface area contributed by atoms with Gasteiger partial charge in [0.2, 0.25) is 11.7 Å². The summed E-state index contributed by atoms with van der Waals surface area (Å²) < 4.78 is 9.95. The molecule has 33 heavy (non-hydrogen) atoms. The van der Waals surface area contributed by atoms with Crippen molar-refractivity contribution >= 4 is 50.7 Å². The van der Waals surface area contributed by atoms with Crippen LogP contribution in [0.25, 0.3) is 16.0 Å². The Kier molecular flexibility index (Phi) is 6.22. The van der Waals surface area contributed by atoms with Crippen molar-refractivity contribution in [3.8, 4) is 0 Å². The molecule has 5 rings (SSSR count). The van der Waals surface area contributed by atoms with E-state index < -0.39 is 0 Å². The average Bonchev–Trinajstić information content (AvgIpc) is 3.57. The van der Waals surface area contributed by atoms with Crippen LogP contribution < -0.4 is 10.9 Å². The molecule has 0 bridgehead atoms. The molecule has 0 saturated carbocycles. The minimum atomic E-state index is -0.102. The first-order valence-electron chi connectivity index (χ1n) is 11.0. The zero-order valence-corrected chi connectivity index (χ0v) is 20.2. The molecule has 1 fully saturated rings. The Morgan fingerprint density at radius 2 is 2.21 bits per heavy atom. The number of carbonyl (C=O) groups is 1. The lowest BCUT2D eigenvalue weighted by Gasteiger charge is -2.14. The molecular formula is C23H25N5O3S2. The van der Waals surface area contributed by atoms with Crippen molar-refractivity contribution in [1.82, 2.24) is 19.2 Å². The Bertz CT molecular complexity index is 1380. The number of para-hydroxylation sites is 1. The third-order valence-corrected chi connectivity index (χ3v) is 7.75. The van der Waals surface area contributed by atoms with Crippen molar-refractivity contribution in [2.24, 2.45) is 0 Å². The van der Waals surface area contributed by atoms with Crippen LogP contribution in [-0.4, -0.2) is 43.5 Å². The van der Waals surface area contributed by atoms with Crippen LogP contribution in [0.1, 0.15) is 30.9 Å². The maximum absolute atomic E-state index is 13.1. The van der Waals surface area contributed by atoms with Gasteiger partial charge in [-0.3, -0.25) is 18.6 Å². The number of ether oxygens (including phenoxy) is 1. The summed E-state index contributed by atoms with van der Waals surface area (Å²) in [6.45, 7) is 5.24. The lowest BCUT2D eigenvalue weighted by molar-refractivity contribution is -0.113. The molecule has 0 radical (unpaired) electrons. The molecule has 1 atom stereocenters. The van der Waals surface area contributed by atoms with E-state index >= 15 is 0 Å². The van der Waals surface area contributed by atoms with Gasteiger partial charge in [-0.05, 0) is 48.8 Å². The highest BCUT2D eigenvalue weighted by molar-refractivity contribution is 7.99. The molecule has 4 heterocycles. The predicted octanol–water partition coefficient (Wildman–Crippen LogP) is 3.89. The number of rotatable bonds is 7. The lowest BCUT2D eigenvalue weighted by atomic mass is 10.1. The standard InChI is InChI=1S/C23H25N5O3S2/c1-3-15-7-4-6-14(2)19(15)24-18(29)13-33-23-26-25-22-27(12-16-8-5-10-31-16)21(30)20-17(28(22)23)9-11-32-20/h4,6-7,9,11,16H,3,5,8,10,12-13H2,1-2H3,(H,24,29). The number of aryl methyl sites for hydroxylation is 2. The van der Waals surface area contributed by atoms with Gasteiger partial charge in [0.1, 0.15) is 4.70 Å². The summed E-state index contributed by atoms with van der Waals surface area (Å²) in [4.78, 5) is 25.9. The molecule has 1 saturated heterocycles. The average molecular weight is 484 g/mol. The number of nitrogens with one attached hydrogen (secondary N) is 1. The van der Waals surface area contributed by atoms with Gasteiger partial charge in [-0.25, -0.2) is 0 Å². The number of hydrogen-bond donors (Lipinski definition) is 1. The van der Waals surface area contributed by atoms with E-state index in [4.69, 9.17) is 4.74 Å². The van der Waals surface area contributed by atoms with Crippen molar-refractivity contribution < 1.29 is 9.53 Å². The number of carbonyl (C=O) groups excluding carboxylic acids is 1. The van der Waals surface area contributed by atoms with Crippen molar-refractivity contribution in [1.29, 1.82) is 0 Å². The van der Waals surface area contributed by atoms with Gasteiger partial charge in [-0.15, -0.1) is 21.5 Å². The van der Waals surface area contributed by atoms with Gasteiger partial charge in [0.25, 0.3) is 5.56 Å². The monoisotopic (exact) mass is 483 g/mol. The van der Waals surface area contributed by atoms with Gasteiger partial charge in [-0.2, -0.15) is 0 Å². The fourth-order valence-corrected chi connectivity index (χ4v) is 5.82. The number of fused-ring (bicyclic) bond motifs is 3. The van der Waals surface area contributed by atoms with Crippen LogP contribution in [0.5, 0.6) is 0 Å². The fraction of sp³-hybridized carbons (Fsp3) is 0.391. The molecule has 8 nitrogen and oxygen atoms in total. The number of amides is 1. The van der Waals surface area contributed by atoms with Gasteiger partial charge in [-0.1, -0.05) is 36.9 Å². The first-order chi connectivity index (χ1) is 16.1. The van der Waals surface area contributed by atoms with Gasteiger partial charge in [0.05, 0.1) is 23.9 Å². The van der Waals surface area contributed by atoms with Crippen LogP contribution in [0.3, 0.4) is 0 Å². The largest absolute Gasteiger partial charge is 0.376 e. The smallest absolute Gasteiger partial charge is 0.272 e. The normalized spacial score (nSPS) is 16.1. The maximum Gasteiger partial charge on any atom is 0.272 e. The molecular weight excluding hydrogens is 458 g/mol. The first-order valence-corrected chi connectivity index (χ1v) is 12.9. The zero-order chi connectivity index (χ0) is 22.9. The van der Waals surface area contributed by atoms with Crippen molar-refractivity contribution in [3.63, 3.8) is 0 Å². The summed E-state index contributed by atoms with van der Waals surface area (Å²) in [6.07, 6.45) is 2.78. The van der Waals surface area contributed by atoms with Crippen LogP contribution in [0.2, 0.25) is 0 Å². The highest BCUT2D eigenvalue weighted by atomic mass is 32.2. The minimum Gasteiger partial charge on any atom is -0.376 e. The quantitative estimate of drug-likeness (QED) is 0.401. The van der Waals surface area contributed by atoms with E-state index in [1.165, 1.54) is 23.1 Å². The SMILES string of the molecule is CCc1cccc(C)c1NC(=O)CSc1nnc2n(CC3CCCO3)c(=O)c3sccc3n12. The van der Waals surface area contributed by atoms with E-state index in [1.807, 2.05) is 41.0 Å². The van der Waals surface area contributed by atoms with Crippen molar-refractivity contribution in [3.05, 3.63) is 51.1 Å². The minimum absolute atomic E-state index is 0.00404. The number of hydrogen-bond acceptors (Lipinski definition) is 7. The highest BCUT2D eigenvalue weighted by Crippen LogP contribution is 2.26. The molecule has 0 aliphatic carbocycles. The summed E-state index contributed by atoms with van der Waals surface area (Å²) in [5.41, 5.74) is 3.72. The molecule has 10 heteroatoms. The van der Waals surface area contributed by atoms with E-state index in [0.717, 1.165) is 48.2 Å². The van der Waals surface area contributed by atoms with E-state index in [0.29, 0.717) is 22.2 Å². The summed E-state index contributed by atoms with van der Waals surface area (Å²) >= 11 is 2.72. The van der Waals surface area contributed by atoms with E-state index in [9.17, 15) is 9.59 Å². The molecule has 1 aromatic carbocycles. The molecule has 1 aliphatic rings. The van der Waals surface area contributed by atoms with E-state index in [2.05, 4.69) is 22.4 Å². The van der Waals surface area contributed by atoms with Crippen LogP contribution in [-0.2, 0) is 22.5 Å². The van der Waals surface area contributed by atoms with Crippen molar-refractivity contribution in [2.45, 2.75) is 50.9 Å². The van der Waals surface area contributed by atoms with E-state index in [-0.39, 0.29) is 23.3 Å². The Balaban J connectivity index is 1.43. The first kappa shape index (κ1) is 22.1. The molecule has 3 aromatic heterocycles. The molecule has 1 N–H and O–H groups in total. The molecule has 4 aromatic rings. The molecule has 0 spiro atoms. The second-order valence-corrected chi connectivity index (χ2v) is 9.96. The number of thioether (sulfide) groups is 1. The Hall–Kier alpha value is -2.69. The van der Waals surface area contributed by atoms with Crippen LogP contribution in [0, 0.1) is 6.92 Å². The van der Waals surface area contributed by atoms with Crippen molar-refractivity contribution in [2.75, 3.05) is 17.7 Å². The van der Waals surface area contributed by atoms with Gasteiger partial charge in [0.15, 0.2) is 5.16 Å². The third-order valence-electron chi connectivity index (χ3n) is 5.93. The second-order valence-electron chi connectivity index (χ2n) is 8.10. The Morgan fingerprint density at radius 3 is 3.00 bits per heavy atom. The van der Waals surface area contributed by atoms with Gasteiger partial charge in [0, 0.05) is 12.3 Å². The number of aromatic nitrogens is 4. The third kappa shape index (κ3) is 4.18. The number of thiophene rings is 1. The number of benzene rings is 1. The summed E-state index contributed by atoms with van der Waals surface area (Å²) in [7, 11) is 0. The number of anilines is 1. The van der Waals surface area contributed by atoms with Crippen LogP contribution >= 0.6 is 23.1 Å². The predicted molar refractivity (Wildman–Crippen MR) is 132 cm³/mol. The van der Waals surface area contributed by atoms with Gasteiger partial charge < -0.3 is 10.1 Å². The molecule has 172 valence electrons. The van der Waals surface area contributed by atoms with E-state index in [1.54, 1.807) is 4.57 Å². The highest BCUT2D eigenvalue weighted by Gasteiger charge is 2.23. The lowest BCUT2D eigenvalue weighted by Crippen LogP contribution is -2.28. The molecule has 1 amide bonds. The molecule has 1 aliphatic heterocycles. The summed E-state index contributed by atoms with van der Waals surface area (Å²) in [6, 6.07) is 7.93. The van der Waals surface area contributed by atoms with Crippen LogP contribution in [0.15, 0.2) is 39.6 Å². The Morgan fingerprint density at radius 1 is 1.33 bits per heavy atom. The second kappa shape index (κ2) is 9.28. The number of nitrogens with zero attached hydrogens (tertiary/aromatic N) is 4. The summed E-state index contributed by atoms with van der Waals surface area (Å²) in [5, 5.41) is 14.2. The molecule has 1 unspecified atom stereocenters. The zero-order valence-electron chi connectivity index (χ0n) is 18.5. The maximum atomic E-state index is 13.1. The Labute approximate surface area is 199 Å². The van der Waals surface area contributed by atoms with Crippen LogP contribution in [0.4, 0.5) is 5.69 Å². The summed E-state index contributed by atoms with van der Waals surface area (Å²) in [5.74, 6) is 0.570. The van der Waals surface area contributed by atoms with Gasteiger partial charge >= 0.3 is 0 Å². The fourth-order valence-electron chi connectivity index (χ4n) is 4.26.